The van der Waals surface area contributed by atoms with Crippen LogP contribution in [0.15, 0.2) is 53.9 Å². The van der Waals surface area contributed by atoms with Crippen molar-refractivity contribution >= 4 is 45.6 Å². The number of nitrogens with zero attached hydrogens (tertiary/aromatic N) is 1. The van der Waals surface area contributed by atoms with Gasteiger partial charge in [0.05, 0.1) is 5.69 Å². The molecule has 0 radical (unpaired) electrons. The van der Waals surface area contributed by atoms with Gasteiger partial charge in [0, 0.05) is 28.6 Å². The Kier molecular flexibility index (Phi) is 6.05. The maximum Gasteiger partial charge on any atom is 0.264 e. The molecule has 2 amide bonds. The number of hydrogen-bond donors (Lipinski definition) is 2. The zero-order valence-electron chi connectivity index (χ0n) is 14.4. The van der Waals surface area contributed by atoms with Crippen molar-refractivity contribution in [3.63, 3.8) is 0 Å². The highest BCUT2D eigenvalue weighted by Crippen LogP contribution is 2.26. The molecule has 0 aliphatic carbocycles. The molecule has 1 heterocycles. The third kappa shape index (κ3) is 5.54. The summed E-state index contributed by atoms with van der Waals surface area (Å²) in [6.45, 7) is 1.32. The largest absolute Gasteiger partial charge is 0.484 e. The first-order valence-corrected chi connectivity index (χ1v) is 9.27. The first kappa shape index (κ1) is 18.9. The van der Waals surface area contributed by atoms with Gasteiger partial charge in [0.1, 0.15) is 5.75 Å². The summed E-state index contributed by atoms with van der Waals surface area (Å²) in [4.78, 5) is 27.5. The third-order valence-electron chi connectivity index (χ3n) is 3.42. The monoisotopic (exact) mass is 401 g/mol. The second-order valence-corrected chi connectivity index (χ2v) is 6.89. The molecule has 6 nitrogen and oxygen atoms in total. The Morgan fingerprint density at radius 2 is 1.93 bits per heavy atom. The van der Waals surface area contributed by atoms with Crippen LogP contribution in [0.1, 0.15) is 6.92 Å². The van der Waals surface area contributed by atoms with Gasteiger partial charge in [-0.1, -0.05) is 29.8 Å². The normalized spacial score (nSPS) is 10.3. The van der Waals surface area contributed by atoms with Gasteiger partial charge in [-0.05, 0) is 30.3 Å². The minimum Gasteiger partial charge on any atom is -0.484 e. The van der Waals surface area contributed by atoms with Gasteiger partial charge in [-0.15, -0.1) is 11.3 Å². The van der Waals surface area contributed by atoms with E-state index >= 15 is 0 Å². The van der Waals surface area contributed by atoms with Crippen molar-refractivity contribution in [1.82, 2.24) is 4.98 Å². The van der Waals surface area contributed by atoms with Gasteiger partial charge >= 0.3 is 0 Å². The van der Waals surface area contributed by atoms with Crippen molar-refractivity contribution in [2.75, 3.05) is 17.2 Å². The number of thiazole rings is 1. The van der Waals surface area contributed by atoms with E-state index in [-0.39, 0.29) is 18.4 Å². The number of rotatable bonds is 6. The molecule has 2 N–H and O–H groups in total. The van der Waals surface area contributed by atoms with Gasteiger partial charge < -0.3 is 10.1 Å². The van der Waals surface area contributed by atoms with E-state index in [0.29, 0.717) is 21.6 Å². The van der Waals surface area contributed by atoms with Crippen molar-refractivity contribution in [2.24, 2.45) is 0 Å². The van der Waals surface area contributed by atoms with Crippen LogP contribution < -0.4 is 15.4 Å². The van der Waals surface area contributed by atoms with Crippen LogP contribution in [0.2, 0.25) is 5.02 Å². The molecule has 0 saturated carbocycles. The van der Waals surface area contributed by atoms with Crippen molar-refractivity contribution in [3.8, 4) is 17.0 Å². The van der Waals surface area contributed by atoms with E-state index in [0.717, 1.165) is 11.3 Å². The van der Waals surface area contributed by atoms with Crippen LogP contribution in [0.25, 0.3) is 11.3 Å². The maximum atomic E-state index is 12.0. The zero-order valence-corrected chi connectivity index (χ0v) is 15.9. The Morgan fingerprint density at radius 1 is 1.15 bits per heavy atom. The Balaban J connectivity index is 1.57. The fraction of sp³-hybridized carbons (Fsp3) is 0.105. The van der Waals surface area contributed by atoms with Gasteiger partial charge in [0.15, 0.2) is 11.7 Å². The molecule has 1 aromatic heterocycles. The van der Waals surface area contributed by atoms with Crippen molar-refractivity contribution in [3.05, 3.63) is 58.9 Å². The zero-order chi connectivity index (χ0) is 19.2. The number of hydrogen-bond acceptors (Lipinski definition) is 5. The van der Waals surface area contributed by atoms with E-state index in [1.54, 1.807) is 36.4 Å². The molecule has 3 rings (SSSR count). The van der Waals surface area contributed by atoms with E-state index < -0.39 is 0 Å². The minimum absolute atomic E-state index is 0.124. The molecule has 0 saturated heterocycles. The minimum atomic E-state index is -0.308. The summed E-state index contributed by atoms with van der Waals surface area (Å²) in [6, 6.07) is 14.2. The lowest BCUT2D eigenvalue weighted by Crippen LogP contribution is -2.20. The summed E-state index contributed by atoms with van der Waals surface area (Å²) >= 11 is 7.20. The summed E-state index contributed by atoms with van der Waals surface area (Å²) in [7, 11) is 0. The fourth-order valence-electron chi connectivity index (χ4n) is 2.25. The van der Waals surface area contributed by atoms with Crippen molar-refractivity contribution in [2.45, 2.75) is 6.92 Å². The predicted molar refractivity (Wildman–Crippen MR) is 107 cm³/mol. The standard InChI is InChI=1S/C19H16ClN3O3S/c1-12(24)21-15-7-5-13(6-8-15)17-11-27-19(22-17)23-18(25)10-26-16-4-2-3-14(20)9-16/h2-9,11H,10H2,1H3,(H,21,24)(H,22,23,25). The average molecular weight is 402 g/mol. The molecular weight excluding hydrogens is 386 g/mol. The topological polar surface area (TPSA) is 80.3 Å². The Hall–Kier alpha value is -2.90. The number of aromatic nitrogens is 1. The third-order valence-corrected chi connectivity index (χ3v) is 4.41. The molecule has 0 unspecified atom stereocenters. The second kappa shape index (κ2) is 8.66. The molecule has 138 valence electrons. The van der Waals surface area contributed by atoms with Gasteiger partial charge in [-0.3, -0.25) is 14.9 Å². The second-order valence-electron chi connectivity index (χ2n) is 5.59. The van der Waals surface area contributed by atoms with Crippen LogP contribution >= 0.6 is 22.9 Å². The fourth-order valence-corrected chi connectivity index (χ4v) is 3.17. The van der Waals surface area contributed by atoms with Gasteiger partial charge in [0.25, 0.3) is 5.91 Å². The number of anilines is 2. The number of carbonyl (C=O) groups is 2. The van der Waals surface area contributed by atoms with E-state index in [4.69, 9.17) is 16.3 Å². The summed E-state index contributed by atoms with van der Waals surface area (Å²) in [6.07, 6.45) is 0. The quantitative estimate of drug-likeness (QED) is 0.639. The Labute approximate surface area is 165 Å². The van der Waals surface area contributed by atoms with Crippen molar-refractivity contribution in [1.29, 1.82) is 0 Å². The number of ether oxygens (including phenoxy) is 1. The van der Waals surface area contributed by atoms with Gasteiger partial charge in [-0.2, -0.15) is 0 Å². The van der Waals surface area contributed by atoms with Crippen LogP contribution in [0, 0.1) is 0 Å². The summed E-state index contributed by atoms with van der Waals surface area (Å²) in [5, 5.41) is 8.29. The highest BCUT2D eigenvalue weighted by Gasteiger charge is 2.09. The molecule has 0 fully saturated rings. The van der Waals surface area contributed by atoms with Crippen LogP contribution in [0.5, 0.6) is 5.75 Å². The van der Waals surface area contributed by atoms with Crippen molar-refractivity contribution < 1.29 is 14.3 Å². The first-order valence-electron chi connectivity index (χ1n) is 8.01. The Bertz CT molecular complexity index is 957. The highest BCUT2D eigenvalue weighted by atomic mass is 35.5. The number of benzene rings is 2. The molecule has 0 spiro atoms. The molecule has 2 aromatic carbocycles. The van der Waals surface area contributed by atoms with E-state index in [2.05, 4.69) is 15.6 Å². The lowest BCUT2D eigenvalue weighted by Gasteiger charge is -2.06. The van der Waals surface area contributed by atoms with Crippen LogP contribution in [0.3, 0.4) is 0 Å². The van der Waals surface area contributed by atoms with E-state index in [1.807, 2.05) is 17.5 Å². The number of amides is 2. The number of carbonyl (C=O) groups excluding carboxylic acids is 2. The molecule has 3 aromatic rings. The van der Waals surface area contributed by atoms with Gasteiger partial charge in [-0.25, -0.2) is 4.98 Å². The average Bonchev–Trinajstić information content (AvgIpc) is 3.08. The van der Waals surface area contributed by atoms with E-state index in [9.17, 15) is 9.59 Å². The van der Waals surface area contributed by atoms with Crippen LogP contribution in [-0.4, -0.2) is 23.4 Å². The first-order chi connectivity index (χ1) is 13.0. The molecule has 0 bridgehead atoms. The highest BCUT2D eigenvalue weighted by molar-refractivity contribution is 7.14. The van der Waals surface area contributed by atoms with E-state index in [1.165, 1.54) is 18.3 Å². The maximum absolute atomic E-state index is 12.0. The SMILES string of the molecule is CC(=O)Nc1ccc(-c2csc(NC(=O)COc3cccc(Cl)c3)n2)cc1. The van der Waals surface area contributed by atoms with Crippen LogP contribution in [-0.2, 0) is 9.59 Å². The molecule has 0 aliphatic rings. The lowest BCUT2D eigenvalue weighted by molar-refractivity contribution is -0.118. The summed E-state index contributed by atoms with van der Waals surface area (Å²) in [5.74, 6) is 0.0926. The molecule has 0 aliphatic heterocycles. The molecule has 27 heavy (non-hydrogen) atoms. The molecule has 0 atom stereocenters. The number of halogens is 1. The predicted octanol–water partition coefficient (Wildman–Crippen LogP) is 4.44. The Morgan fingerprint density at radius 3 is 2.63 bits per heavy atom. The van der Waals surface area contributed by atoms with Crippen LogP contribution in [0.4, 0.5) is 10.8 Å². The van der Waals surface area contributed by atoms with Gasteiger partial charge in [0.2, 0.25) is 5.91 Å². The summed E-state index contributed by atoms with van der Waals surface area (Å²) in [5.41, 5.74) is 2.34. The summed E-state index contributed by atoms with van der Waals surface area (Å²) < 4.78 is 5.40. The molecular formula is C19H16ClN3O3S. The lowest BCUT2D eigenvalue weighted by atomic mass is 10.1. The molecule has 8 heteroatoms. The smallest absolute Gasteiger partial charge is 0.264 e. The number of nitrogens with one attached hydrogen (secondary N) is 2.